The molecule has 0 radical (unpaired) electrons. The molecule has 1 aromatic carbocycles. The van der Waals surface area contributed by atoms with Crippen LogP contribution in [-0.2, 0) is 11.3 Å². The number of benzene rings is 1. The zero-order valence-electron chi connectivity index (χ0n) is 13.6. The predicted molar refractivity (Wildman–Crippen MR) is 94.7 cm³/mol. The molecule has 8 heteroatoms. The lowest BCUT2D eigenvalue weighted by molar-refractivity contribution is -0.116. The van der Waals surface area contributed by atoms with Crippen LogP contribution < -0.4 is 10.1 Å². The summed E-state index contributed by atoms with van der Waals surface area (Å²) in [6.45, 7) is 0.0461. The molecule has 0 aliphatic heterocycles. The van der Waals surface area contributed by atoms with Crippen LogP contribution in [0.15, 0.2) is 67.4 Å². The van der Waals surface area contributed by atoms with Crippen molar-refractivity contribution in [2.45, 2.75) is 6.54 Å². The topological polar surface area (TPSA) is 94.8 Å². The van der Waals surface area contributed by atoms with Crippen LogP contribution >= 0.6 is 0 Å². The van der Waals surface area contributed by atoms with E-state index in [4.69, 9.17) is 4.74 Å². The number of fused-ring (bicyclic) bond motifs is 1. The molecule has 0 unspecified atom stereocenters. The maximum atomic E-state index is 12.1. The lowest BCUT2D eigenvalue weighted by atomic mass is 10.2. The fourth-order valence-corrected chi connectivity index (χ4v) is 2.42. The van der Waals surface area contributed by atoms with Gasteiger partial charge in [0.25, 0.3) is 0 Å². The summed E-state index contributed by atoms with van der Waals surface area (Å²) in [5, 5.41) is 7.64. The highest BCUT2D eigenvalue weighted by Gasteiger charge is 2.09. The summed E-state index contributed by atoms with van der Waals surface area (Å²) in [6, 6.07) is 12.9. The summed E-state index contributed by atoms with van der Waals surface area (Å²) < 4.78 is 7.28. The van der Waals surface area contributed by atoms with E-state index in [1.807, 2.05) is 24.3 Å². The van der Waals surface area contributed by atoms with E-state index in [1.54, 1.807) is 30.6 Å². The van der Waals surface area contributed by atoms with E-state index in [0.717, 1.165) is 10.9 Å². The van der Waals surface area contributed by atoms with E-state index in [1.165, 1.54) is 17.2 Å². The summed E-state index contributed by atoms with van der Waals surface area (Å²) in [7, 11) is 0. The minimum Gasteiger partial charge on any atom is -0.435 e. The second-order valence-electron chi connectivity index (χ2n) is 5.43. The molecule has 4 rings (SSSR count). The third kappa shape index (κ3) is 3.48. The van der Waals surface area contributed by atoms with Crippen molar-refractivity contribution in [1.82, 2.24) is 24.7 Å². The molecule has 0 fully saturated rings. The summed E-state index contributed by atoms with van der Waals surface area (Å²) >= 11 is 0. The summed E-state index contributed by atoms with van der Waals surface area (Å²) in [5.74, 6) is 1.19. The van der Waals surface area contributed by atoms with Gasteiger partial charge in [-0.1, -0.05) is 18.2 Å². The molecule has 0 aliphatic carbocycles. The van der Waals surface area contributed by atoms with Crippen molar-refractivity contribution >= 4 is 22.6 Å². The predicted octanol–water partition coefficient (Wildman–Crippen LogP) is 2.65. The van der Waals surface area contributed by atoms with Crippen molar-refractivity contribution in [2.75, 3.05) is 5.32 Å². The average Bonchev–Trinajstić information content (AvgIpc) is 3.09. The Bertz CT molecular complexity index is 1040. The van der Waals surface area contributed by atoms with Gasteiger partial charge in [-0.25, -0.2) is 15.0 Å². The Morgan fingerprint density at radius 1 is 1.08 bits per heavy atom. The molecule has 26 heavy (non-hydrogen) atoms. The highest BCUT2D eigenvalue weighted by molar-refractivity contribution is 5.89. The number of anilines is 1. The van der Waals surface area contributed by atoms with Crippen LogP contribution in [0, 0.1) is 0 Å². The Morgan fingerprint density at radius 3 is 2.85 bits per heavy atom. The molecule has 4 aromatic rings. The van der Waals surface area contributed by atoms with Gasteiger partial charge in [0.1, 0.15) is 18.7 Å². The summed E-state index contributed by atoms with van der Waals surface area (Å²) in [4.78, 5) is 24.5. The number of amides is 1. The van der Waals surface area contributed by atoms with E-state index < -0.39 is 0 Å². The Kier molecular flexibility index (Phi) is 4.21. The van der Waals surface area contributed by atoms with Crippen LogP contribution in [0.2, 0.25) is 0 Å². The van der Waals surface area contributed by atoms with E-state index in [-0.39, 0.29) is 12.5 Å². The number of aromatic nitrogens is 5. The molecule has 1 N–H and O–H groups in total. The van der Waals surface area contributed by atoms with E-state index in [2.05, 4.69) is 25.4 Å². The van der Waals surface area contributed by atoms with E-state index in [0.29, 0.717) is 17.4 Å². The number of nitrogens with zero attached hydrogens (tertiary/aromatic N) is 5. The van der Waals surface area contributed by atoms with Gasteiger partial charge in [-0.15, -0.1) is 0 Å². The van der Waals surface area contributed by atoms with Gasteiger partial charge in [-0.2, -0.15) is 5.10 Å². The van der Waals surface area contributed by atoms with Crippen molar-refractivity contribution in [3.63, 3.8) is 0 Å². The Hall–Kier alpha value is -3.81. The highest BCUT2D eigenvalue weighted by Crippen LogP contribution is 2.25. The number of ether oxygens (including phenoxy) is 1. The molecular formula is C18H14N6O2. The van der Waals surface area contributed by atoms with Gasteiger partial charge in [-0.3, -0.25) is 9.48 Å². The smallest absolute Gasteiger partial charge is 0.247 e. The number of nitrogens with one attached hydrogen (secondary N) is 1. The first-order valence-electron chi connectivity index (χ1n) is 7.89. The third-order valence-electron chi connectivity index (χ3n) is 3.57. The molecule has 0 saturated carbocycles. The maximum Gasteiger partial charge on any atom is 0.247 e. The number of hydrogen-bond acceptors (Lipinski definition) is 6. The minimum absolute atomic E-state index is 0.0461. The number of rotatable bonds is 5. The highest BCUT2D eigenvalue weighted by atomic mass is 16.5. The van der Waals surface area contributed by atoms with E-state index in [9.17, 15) is 4.79 Å². The van der Waals surface area contributed by atoms with Gasteiger partial charge in [0.05, 0.1) is 23.3 Å². The van der Waals surface area contributed by atoms with Crippen molar-refractivity contribution in [3.8, 4) is 11.6 Å². The van der Waals surface area contributed by atoms with E-state index >= 15 is 0 Å². The monoisotopic (exact) mass is 346 g/mol. The maximum absolute atomic E-state index is 12.1. The Morgan fingerprint density at radius 2 is 1.96 bits per heavy atom. The van der Waals surface area contributed by atoms with Crippen LogP contribution in [-0.4, -0.2) is 30.6 Å². The third-order valence-corrected chi connectivity index (χ3v) is 3.57. The normalized spacial score (nSPS) is 10.6. The first kappa shape index (κ1) is 15.7. The SMILES string of the molecule is O=C(Cn1cc(Oc2ncnc3ccccc23)cn1)Nc1ccccn1. The van der Waals surface area contributed by atoms with Gasteiger partial charge in [0.15, 0.2) is 5.75 Å². The molecule has 0 atom stereocenters. The Balaban J connectivity index is 1.45. The van der Waals surface area contributed by atoms with Crippen molar-refractivity contribution in [3.05, 3.63) is 67.4 Å². The lowest BCUT2D eigenvalue weighted by Gasteiger charge is -2.05. The fraction of sp³-hybridized carbons (Fsp3) is 0.0556. The van der Waals surface area contributed by atoms with Crippen LogP contribution in [0.5, 0.6) is 11.6 Å². The minimum atomic E-state index is -0.231. The number of pyridine rings is 1. The van der Waals surface area contributed by atoms with Gasteiger partial charge >= 0.3 is 0 Å². The average molecular weight is 346 g/mol. The molecule has 0 spiro atoms. The second-order valence-corrected chi connectivity index (χ2v) is 5.43. The fourth-order valence-electron chi connectivity index (χ4n) is 2.42. The molecule has 3 heterocycles. The number of hydrogen-bond donors (Lipinski definition) is 1. The molecule has 0 saturated heterocycles. The zero-order chi connectivity index (χ0) is 17.8. The summed E-state index contributed by atoms with van der Waals surface area (Å²) in [5.41, 5.74) is 0.791. The van der Waals surface area contributed by atoms with Gasteiger partial charge in [0, 0.05) is 6.20 Å². The largest absolute Gasteiger partial charge is 0.435 e. The molecule has 1 amide bonds. The van der Waals surface area contributed by atoms with Crippen molar-refractivity contribution < 1.29 is 9.53 Å². The van der Waals surface area contributed by atoms with Crippen LogP contribution in [0.25, 0.3) is 10.9 Å². The second kappa shape index (κ2) is 6.98. The summed E-state index contributed by atoms with van der Waals surface area (Å²) in [6.07, 6.45) is 6.23. The molecular weight excluding hydrogens is 332 g/mol. The first-order valence-corrected chi connectivity index (χ1v) is 7.89. The molecule has 0 aliphatic rings. The zero-order valence-corrected chi connectivity index (χ0v) is 13.6. The van der Waals surface area contributed by atoms with Gasteiger partial charge < -0.3 is 10.1 Å². The quantitative estimate of drug-likeness (QED) is 0.597. The van der Waals surface area contributed by atoms with Crippen molar-refractivity contribution in [1.29, 1.82) is 0 Å². The van der Waals surface area contributed by atoms with Crippen LogP contribution in [0.1, 0.15) is 0 Å². The van der Waals surface area contributed by atoms with Crippen LogP contribution in [0.4, 0.5) is 5.82 Å². The van der Waals surface area contributed by atoms with Crippen LogP contribution in [0.3, 0.4) is 0 Å². The number of para-hydroxylation sites is 1. The molecule has 128 valence electrons. The number of carbonyl (C=O) groups is 1. The molecule has 8 nitrogen and oxygen atoms in total. The number of carbonyl (C=O) groups excluding carboxylic acids is 1. The van der Waals surface area contributed by atoms with Gasteiger partial charge in [-0.05, 0) is 24.3 Å². The first-order chi connectivity index (χ1) is 12.8. The molecule has 0 bridgehead atoms. The van der Waals surface area contributed by atoms with Gasteiger partial charge in [0.2, 0.25) is 11.8 Å². The van der Waals surface area contributed by atoms with Crippen molar-refractivity contribution in [2.24, 2.45) is 0 Å². The standard InChI is InChI=1S/C18H14N6O2/c25-17(23-16-7-3-4-8-19-16)11-24-10-13(9-22-24)26-18-14-5-1-2-6-15(14)20-12-21-18/h1-10,12H,11H2,(H,19,23,25). The molecule has 3 aromatic heterocycles. The lowest BCUT2D eigenvalue weighted by Crippen LogP contribution is -2.19. The Labute approximate surface area is 148 Å².